The Morgan fingerprint density at radius 3 is 2.19 bits per heavy atom. The van der Waals surface area contributed by atoms with Crippen molar-refractivity contribution in [2.75, 3.05) is 4.90 Å². The Bertz CT molecular complexity index is 1010. The maximum Gasteiger partial charge on any atom is 0.195 e. The Morgan fingerprint density at radius 1 is 0.926 bits per heavy atom. The minimum absolute atomic E-state index is 0.0941. The number of benzene rings is 2. The molecule has 1 N–H and O–H groups in total. The van der Waals surface area contributed by atoms with Gasteiger partial charge in [0.25, 0.3) is 0 Å². The summed E-state index contributed by atoms with van der Waals surface area (Å²) in [6, 6.07) is 23.6. The molecule has 1 aromatic heterocycles. The van der Waals surface area contributed by atoms with Crippen molar-refractivity contribution in [3.63, 3.8) is 0 Å². The van der Waals surface area contributed by atoms with E-state index in [0.717, 1.165) is 5.56 Å². The van der Waals surface area contributed by atoms with Gasteiger partial charge in [-0.3, -0.25) is 4.79 Å². The third kappa shape index (κ3) is 2.91. The second kappa shape index (κ2) is 6.92. The van der Waals surface area contributed by atoms with Crippen LogP contribution in [0.25, 0.3) is 0 Å². The van der Waals surface area contributed by atoms with Crippen molar-refractivity contribution in [2.24, 2.45) is 0 Å². The average molecular weight is 354 g/mol. The predicted octanol–water partition coefficient (Wildman–Crippen LogP) is 4.85. The van der Waals surface area contributed by atoms with Gasteiger partial charge in [-0.2, -0.15) is 0 Å². The van der Waals surface area contributed by atoms with Gasteiger partial charge in [0.1, 0.15) is 11.6 Å². The SMILES string of the molecule is C=C1C(O)=C(C(=O)c2ccccc2)C(c2ccccc2)N1c1ccccn1. The van der Waals surface area contributed by atoms with Gasteiger partial charge < -0.3 is 10.0 Å². The summed E-state index contributed by atoms with van der Waals surface area (Å²) in [6.07, 6.45) is 1.68. The van der Waals surface area contributed by atoms with Crippen LogP contribution in [0.2, 0.25) is 0 Å². The standard InChI is InChI=1S/C23H18N2O2/c1-16-22(26)20(23(27)18-12-6-3-7-13-18)21(17-10-4-2-5-11-17)25(16)19-14-8-9-15-24-19/h2-15,21,26H,1H2. The fourth-order valence-corrected chi connectivity index (χ4v) is 3.38. The van der Waals surface area contributed by atoms with Crippen LogP contribution in [0.1, 0.15) is 22.0 Å². The van der Waals surface area contributed by atoms with Crippen molar-refractivity contribution in [3.8, 4) is 0 Å². The third-order valence-corrected chi connectivity index (χ3v) is 4.64. The highest BCUT2D eigenvalue weighted by Crippen LogP contribution is 2.44. The second-order valence-electron chi connectivity index (χ2n) is 6.28. The Labute approximate surface area is 157 Å². The Hall–Kier alpha value is -3.66. The van der Waals surface area contributed by atoms with Crippen LogP contribution in [-0.2, 0) is 0 Å². The fourth-order valence-electron chi connectivity index (χ4n) is 3.38. The van der Waals surface area contributed by atoms with E-state index in [1.807, 2.05) is 66.7 Å². The molecule has 4 heteroatoms. The molecule has 1 aliphatic heterocycles. The molecular formula is C23H18N2O2. The molecule has 0 amide bonds. The molecular weight excluding hydrogens is 336 g/mol. The first-order chi connectivity index (χ1) is 13.2. The molecule has 0 fully saturated rings. The molecule has 0 radical (unpaired) electrons. The van der Waals surface area contributed by atoms with Crippen molar-refractivity contribution in [1.29, 1.82) is 0 Å². The van der Waals surface area contributed by atoms with Crippen LogP contribution >= 0.6 is 0 Å². The van der Waals surface area contributed by atoms with Gasteiger partial charge in [0.05, 0.1) is 17.3 Å². The maximum absolute atomic E-state index is 13.3. The van der Waals surface area contributed by atoms with Crippen LogP contribution < -0.4 is 4.90 Å². The average Bonchev–Trinajstić information content (AvgIpc) is 3.00. The lowest BCUT2D eigenvalue weighted by Crippen LogP contribution is -2.26. The fraction of sp³-hybridized carbons (Fsp3) is 0.0435. The molecule has 2 heterocycles. The normalized spacial score (nSPS) is 16.7. The van der Waals surface area contributed by atoms with E-state index >= 15 is 0 Å². The number of ketones is 1. The number of Topliss-reactive ketones (excluding diaryl/α,β-unsaturated/α-hetero) is 1. The Balaban J connectivity index is 1.88. The number of anilines is 1. The number of carbonyl (C=O) groups excluding carboxylic acids is 1. The highest BCUT2D eigenvalue weighted by molar-refractivity contribution is 6.11. The smallest absolute Gasteiger partial charge is 0.195 e. The lowest BCUT2D eigenvalue weighted by atomic mass is 9.93. The number of aliphatic hydroxyl groups excluding tert-OH is 1. The largest absolute Gasteiger partial charge is 0.505 e. The molecule has 1 aliphatic rings. The van der Waals surface area contributed by atoms with Gasteiger partial charge in [0.15, 0.2) is 5.78 Å². The van der Waals surface area contributed by atoms with E-state index in [1.54, 1.807) is 23.2 Å². The zero-order valence-corrected chi connectivity index (χ0v) is 14.6. The number of hydrogen-bond donors (Lipinski definition) is 1. The monoisotopic (exact) mass is 354 g/mol. The molecule has 3 aromatic rings. The lowest BCUT2D eigenvalue weighted by molar-refractivity contribution is 0.102. The zero-order chi connectivity index (χ0) is 18.8. The number of rotatable bonds is 4. The van der Waals surface area contributed by atoms with Gasteiger partial charge in [0, 0.05) is 11.8 Å². The van der Waals surface area contributed by atoms with Crippen LogP contribution in [0.15, 0.2) is 109 Å². The van der Waals surface area contributed by atoms with Crippen LogP contribution in [-0.4, -0.2) is 15.9 Å². The molecule has 0 aliphatic carbocycles. The molecule has 27 heavy (non-hydrogen) atoms. The molecule has 132 valence electrons. The van der Waals surface area contributed by atoms with Gasteiger partial charge in [-0.1, -0.05) is 73.3 Å². The van der Waals surface area contributed by atoms with E-state index in [2.05, 4.69) is 11.6 Å². The molecule has 4 nitrogen and oxygen atoms in total. The van der Waals surface area contributed by atoms with Gasteiger partial charge in [0.2, 0.25) is 0 Å². The number of pyridine rings is 1. The van der Waals surface area contributed by atoms with Gasteiger partial charge in [-0.05, 0) is 17.7 Å². The summed E-state index contributed by atoms with van der Waals surface area (Å²) >= 11 is 0. The quantitative estimate of drug-likeness (QED) is 0.681. The van der Waals surface area contributed by atoms with Crippen molar-refractivity contribution in [3.05, 3.63) is 120 Å². The molecule has 1 atom stereocenters. The van der Waals surface area contributed by atoms with E-state index in [9.17, 15) is 9.90 Å². The molecule has 0 spiro atoms. The van der Waals surface area contributed by atoms with Crippen molar-refractivity contribution in [1.82, 2.24) is 4.98 Å². The molecule has 4 rings (SSSR count). The predicted molar refractivity (Wildman–Crippen MR) is 105 cm³/mol. The number of hydrogen-bond acceptors (Lipinski definition) is 4. The summed E-state index contributed by atoms with van der Waals surface area (Å²) in [5.74, 6) is 0.309. The number of carbonyl (C=O) groups is 1. The van der Waals surface area contributed by atoms with Crippen molar-refractivity contribution >= 4 is 11.6 Å². The number of aliphatic hydroxyl groups is 1. The first-order valence-electron chi connectivity index (χ1n) is 8.66. The van der Waals surface area contributed by atoms with Crippen LogP contribution in [0.4, 0.5) is 5.82 Å². The van der Waals surface area contributed by atoms with E-state index in [4.69, 9.17) is 0 Å². The van der Waals surface area contributed by atoms with Crippen molar-refractivity contribution < 1.29 is 9.90 Å². The first kappa shape index (κ1) is 16.8. The van der Waals surface area contributed by atoms with E-state index in [-0.39, 0.29) is 11.5 Å². The highest BCUT2D eigenvalue weighted by Gasteiger charge is 2.41. The maximum atomic E-state index is 13.3. The topological polar surface area (TPSA) is 53.4 Å². The number of aromatic nitrogens is 1. The van der Waals surface area contributed by atoms with Crippen LogP contribution in [0.5, 0.6) is 0 Å². The van der Waals surface area contributed by atoms with E-state index < -0.39 is 6.04 Å². The van der Waals surface area contributed by atoms with Gasteiger partial charge in [-0.25, -0.2) is 4.98 Å². The summed E-state index contributed by atoms with van der Waals surface area (Å²) in [5.41, 5.74) is 2.08. The third-order valence-electron chi connectivity index (χ3n) is 4.64. The van der Waals surface area contributed by atoms with Crippen molar-refractivity contribution in [2.45, 2.75) is 6.04 Å². The van der Waals surface area contributed by atoms with E-state index in [0.29, 0.717) is 22.7 Å². The Kier molecular flexibility index (Phi) is 4.30. The molecule has 0 saturated carbocycles. The van der Waals surface area contributed by atoms with E-state index in [1.165, 1.54) is 0 Å². The van der Waals surface area contributed by atoms with Gasteiger partial charge in [-0.15, -0.1) is 0 Å². The first-order valence-corrected chi connectivity index (χ1v) is 8.66. The zero-order valence-electron chi connectivity index (χ0n) is 14.6. The summed E-state index contributed by atoms with van der Waals surface area (Å²) in [7, 11) is 0. The number of nitrogens with zero attached hydrogens (tertiary/aromatic N) is 2. The summed E-state index contributed by atoms with van der Waals surface area (Å²) in [4.78, 5) is 19.5. The highest BCUT2D eigenvalue weighted by atomic mass is 16.3. The summed E-state index contributed by atoms with van der Waals surface area (Å²) in [6.45, 7) is 4.02. The summed E-state index contributed by atoms with van der Waals surface area (Å²) in [5, 5.41) is 10.8. The van der Waals surface area contributed by atoms with Crippen LogP contribution in [0, 0.1) is 0 Å². The molecule has 0 saturated heterocycles. The lowest BCUT2D eigenvalue weighted by Gasteiger charge is -2.28. The molecule has 1 unspecified atom stereocenters. The molecule has 2 aromatic carbocycles. The summed E-state index contributed by atoms with van der Waals surface area (Å²) < 4.78 is 0. The minimum Gasteiger partial charge on any atom is -0.505 e. The van der Waals surface area contributed by atoms with Crippen LogP contribution in [0.3, 0.4) is 0 Å². The molecule has 0 bridgehead atoms. The second-order valence-corrected chi connectivity index (χ2v) is 6.28. The Morgan fingerprint density at radius 2 is 1.56 bits per heavy atom. The minimum atomic E-state index is -0.499. The van der Waals surface area contributed by atoms with Gasteiger partial charge >= 0.3 is 0 Å².